The molecule has 3 nitrogen and oxygen atoms in total. The third-order valence-corrected chi connectivity index (χ3v) is 4.43. The molecule has 3 rings (SSSR count). The lowest BCUT2D eigenvalue weighted by Gasteiger charge is -2.17. The van der Waals surface area contributed by atoms with Crippen molar-refractivity contribution in [3.05, 3.63) is 17.0 Å². The Morgan fingerprint density at radius 2 is 1.82 bits per heavy atom. The number of hydrogen-bond donors (Lipinski definition) is 1. The first-order valence-corrected chi connectivity index (χ1v) is 6.89. The average Bonchev–Trinajstić information content (AvgIpc) is 3.14. The summed E-state index contributed by atoms with van der Waals surface area (Å²) in [6.07, 6.45) is 5.77. The first-order chi connectivity index (χ1) is 8.16. The van der Waals surface area contributed by atoms with Gasteiger partial charge < -0.3 is 5.32 Å². The zero-order valence-electron chi connectivity index (χ0n) is 11.2. The topological polar surface area (TPSA) is 29.9 Å². The lowest BCUT2D eigenvalue weighted by Crippen LogP contribution is -2.32. The van der Waals surface area contributed by atoms with E-state index in [1.54, 1.807) is 0 Å². The second-order valence-corrected chi connectivity index (χ2v) is 5.85. The number of aromatic nitrogens is 2. The van der Waals surface area contributed by atoms with Crippen molar-refractivity contribution < 1.29 is 0 Å². The van der Waals surface area contributed by atoms with Gasteiger partial charge in [-0.1, -0.05) is 0 Å². The van der Waals surface area contributed by atoms with Gasteiger partial charge in [-0.2, -0.15) is 5.10 Å². The van der Waals surface area contributed by atoms with E-state index in [1.807, 2.05) is 11.7 Å². The van der Waals surface area contributed by atoms with Crippen LogP contribution in [0.5, 0.6) is 0 Å². The normalized spacial score (nSPS) is 20.2. The predicted molar refractivity (Wildman–Crippen MR) is 68.8 cm³/mol. The van der Waals surface area contributed by atoms with Gasteiger partial charge in [0, 0.05) is 30.9 Å². The minimum absolute atomic E-state index is 0.786. The molecule has 1 aromatic heterocycles. The number of rotatable bonds is 5. The SMILES string of the molecule is Cc1nn(C)c(C)c1CNC(C1CC1)C1CC1. The molecule has 0 unspecified atom stereocenters. The van der Waals surface area contributed by atoms with E-state index in [2.05, 4.69) is 24.3 Å². The minimum atomic E-state index is 0.786. The molecule has 3 heteroatoms. The van der Waals surface area contributed by atoms with Crippen LogP contribution in [0, 0.1) is 25.7 Å². The van der Waals surface area contributed by atoms with Gasteiger partial charge >= 0.3 is 0 Å². The van der Waals surface area contributed by atoms with Crippen LogP contribution in [0.25, 0.3) is 0 Å². The Balaban J connectivity index is 1.65. The van der Waals surface area contributed by atoms with Crippen LogP contribution in [0.15, 0.2) is 0 Å². The molecule has 1 N–H and O–H groups in total. The van der Waals surface area contributed by atoms with Gasteiger partial charge in [-0.05, 0) is 51.4 Å². The van der Waals surface area contributed by atoms with Crippen LogP contribution in [0.1, 0.15) is 42.6 Å². The maximum atomic E-state index is 4.49. The molecule has 0 saturated heterocycles. The van der Waals surface area contributed by atoms with E-state index >= 15 is 0 Å². The average molecular weight is 233 g/mol. The Kier molecular flexibility index (Phi) is 2.74. The molecule has 2 aliphatic rings. The van der Waals surface area contributed by atoms with E-state index in [-0.39, 0.29) is 0 Å². The molecule has 0 aliphatic heterocycles. The van der Waals surface area contributed by atoms with Crippen molar-refractivity contribution in [1.82, 2.24) is 15.1 Å². The van der Waals surface area contributed by atoms with Crippen LogP contribution in [0.4, 0.5) is 0 Å². The summed E-state index contributed by atoms with van der Waals surface area (Å²) < 4.78 is 2.00. The van der Waals surface area contributed by atoms with Crippen molar-refractivity contribution in [2.24, 2.45) is 18.9 Å². The molecule has 2 aliphatic carbocycles. The van der Waals surface area contributed by atoms with Crippen LogP contribution in [-0.2, 0) is 13.6 Å². The third kappa shape index (κ3) is 2.25. The van der Waals surface area contributed by atoms with Gasteiger partial charge in [0.2, 0.25) is 0 Å². The van der Waals surface area contributed by atoms with Crippen molar-refractivity contribution in [1.29, 1.82) is 0 Å². The molecule has 2 saturated carbocycles. The molecule has 0 spiro atoms. The molecule has 2 fully saturated rings. The molecule has 1 heterocycles. The van der Waals surface area contributed by atoms with E-state index < -0.39 is 0 Å². The summed E-state index contributed by atoms with van der Waals surface area (Å²) in [5.41, 5.74) is 3.89. The standard InChI is InChI=1S/C14H23N3/c1-9-13(10(2)17(3)16-9)8-15-14(11-4-5-11)12-6-7-12/h11-12,14-15H,4-8H2,1-3H3. The molecule has 0 atom stereocenters. The molecule has 17 heavy (non-hydrogen) atoms. The number of nitrogens with one attached hydrogen (secondary N) is 1. The smallest absolute Gasteiger partial charge is 0.0641 e. The Morgan fingerprint density at radius 3 is 2.24 bits per heavy atom. The van der Waals surface area contributed by atoms with Crippen LogP contribution < -0.4 is 5.32 Å². The van der Waals surface area contributed by atoms with E-state index in [1.165, 1.54) is 42.6 Å². The lowest BCUT2D eigenvalue weighted by molar-refractivity contribution is 0.415. The highest BCUT2D eigenvalue weighted by Crippen LogP contribution is 2.44. The van der Waals surface area contributed by atoms with Crippen molar-refractivity contribution >= 4 is 0 Å². The van der Waals surface area contributed by atoms with E-state index in [4.69, 9.17) is 0 Å². The largest absolute Gasteiger partial charge is 0.309 e. The lowest BCUT2D eigenvalue weighted by atomic mass is 10.1. The summed E-state index contributed by atoms with van der Waals surface area (Å²) in [6.45, 7) is 5.29. The molecule has 0 amide bonds. The van der Waals surface area contributed by atoms with Gasteiger partial charge in [0.05, 0.1) is 5.69 Å². The Labute approximate surface area is 104 Å². The molecule has 0 bridgehead atoms. The Bertz CT molecular complexity index is 401. The Hall–Kier alpha value is -0.830. The second-order valence-electron chi connectivity index (χ2n) is 5.85. The van der Waals surface area contributed by atoms with Crippen molar-refractivity contribution in [2.45, 2.75) is 52.1 Å². The predicted octanol–water partition coefficient (Wildman–Crippen LogP) is 2.32. The zero-order valence-corrected chi connectivity index (χ0v) is 11.2. The summed E-state index contributed by atoms with van der Waals surface area (Å²) in [4.78, 5) is 0. The highest BCUT2D eigenvalue weighted by molar-refractivity contribution is 5.24. The Morgan fingerprint density at radius 1 is 1.24 bits per heavy atom. The van der Waals surface area contributed by atoms with Gasteiger partial charge in [-0.3, -0.25) is 4.68 Å². The fourth-order valence-corrected chi connectivity index (χ4v) is 2.92. The van der Waals surface area contributed by atoms with Gasteiger partial charge in [0.25, 0.3) is 0 Å². The molecule has 0 aromatic carbocycles. The fraction of sp³-hybridized carbons (Fsp3) is 0.786. The molecule has 1 aromatic rings. The van der Waals surface area contributed by atoms with E-state index in [0.29, 0.717) is 0 Å². The van der Waals surface area contributed by atoms with Gasteiger partial charge in [-0.15, -0.1) is 0 Å². The number of aryl methyl sites for hydroxylation is 2. The maximum Gasteiger partial charge on any atom is 0.0641 e. The van der Waals surface area contributed by atoms with Crippen LogP contribution in [0.3, 0.4) is 0 Å². The fourth-order valence-electron chi connectivity index (χ4n) is 2.92. The molecular formula is C14H23N3. The van der Waals surface area contributed by atoms with Gasteiger partial charge in [0.15, 0.2) is 0 Å². The number of hydrogen-bond acceptors (Lipinski definition) is 2. The van der Waals surface area contributed by atoms with Gasteiger partial charge in [0.1, 0.15) is 0 Å². The first kappa shape index (κ1) is 11.3. The third-order valence-electron chi connectivity index (χ3n) is 4.43. The van der Waals surface area contributed by atoms with E-state index in [9.17, 15) is 0 Å². The summed E-state index contributed by atoms with van der Waals surface area (Å²) in [7, 11) is 2.03. The first-order valence-electron chi connectivity index (χ1n) is 6.89. The number of nitrogens with zero attached hydrogens (tertiary/aromatic N) is 2. The highest BCUT2D eigenvalue weighted by atomic mass is 15.3. The minimum Gasteiger partial charge on any atom is -0.309 e. The summed E-state index contributed by atoms with van der Waals surface area (Å²) in [6, 6.07) is 0.786. The summed E-state index contributed by atoms with van der Waals surface area (Å²) >= 11 is 0. The summed E-state index contributed by atoms with van der Waals surface area (Å²) in [5.74, 6) is 1.94. The van der Waals surface area contributed by atoms with Crippen molar-refractivity contribution in [2.75, 3.05) is 0 Å². The van der Waals surface area contributed by atoms with Crippen LogP contribution in [0.2, 0.25) is 0 Å². The van der Waals surface area contributed by atoms with E-state index in [0.717, 1.165) is 24.4 Å². The van der Waals surface area contributed by atoms with Crippen molar-refractivity contribution in [3.63, 3.8) is 0 Å². The molecule has 0 radical (unpaired) electrons. The highest BCUT2D eigenvalue weighted by Gasteiger charge is 2.41. The second kappa shape index (κ2) is 4.13. The summed E-state index contributed by atoms with van der Waals surface area (Å²) in [5, 5.41) is 8.29. The molecular weight excluding hydrogens is 210 g/mol. The zero-order chi connectivity index (χ0) is 12.0. The monoisotopic (exact) mass is 233 g/mol. The molecule has 94 valence electrons. The van der Waals surface area contributed by atoms with Crippen LogP contribution in [-0.4, -0.2) is 15.8 Å². The van der Waals surface area contributed by atoms with Crippen LogP contribution >= 0.6 is 0 Å². The maximum absolute atomic E-state index is 4.49. The van der Waals surface area contributed by atoms with Gasteiger partial charge in [-0.25, -0.2) is 0 Å². The van der Waals surface area contributed by atoms with Crippen molar-refractivity contribution in [3.8, 4) is 0 Å². The quantitative estimate of drug-likeness (QED) is 0.846.